The van der Waals surface area contributed by atoms with Gasteiger partial charge >= 0.3 is 0 Å². The predicted molar refractivity (Wildman–Crippen MR) is 75.0 cm³/mol. The highest BCUT2D eigenvalue weighted by Gasteiger charge is 2.32. The van der Waals surface area contributed by atoms with Crippen LogP contribution in [0.1, 0.15) is 30.4 Å². The monoisotopic (exact) mass is 297 g/mol. The molecule has 0 aliphatic carbocycles. The Balaban J connectivity index is 2.39. The second-order valence-electron chi connectivity index (χ2n) is 4.89. The van der Waals surface area contributed by atoms with Gasteiger partial charge in [-0.05, 0) is 25.5 Å². The van der Waals surface area contributed by atoms with Gasteiger partial charge in [0.1, 0.15) is 11.4 Å². The van der Waals surface area contributed by atoms with Gasteiger partial charge in [0.25, 0.3) is 0 Å². The first-order chi connectivity index (χ1) is 9.37. The van der Waals surface area contributed by atoms with Crippen molar-refractivity contribution >= 4 is 11.6 Å². The predicted octanol–water partition coefficient (Wildman–Crippen LogP) is 2.76. The van der Waals surface area contributed by atoms with E-state index in [0.29, 0.717) is 17.1 Å². The van der Waals surface area contributed by atoms with Crippen LogP contribution in [0.2, 0.25) is 5.02 Å². The van der Waals surface area contributed by atoms with Gasteiger partial charge in [0.2, 0.25) is 0 Å². The molecule has 2 heterocycles. The summed E-state index contributed by atoms with van der Waals surface area (Å²) < 4.78 is 14.6. The first-order valence-electron chi connectivity index (χ1n) is 6.39. The molecule has 4 nitrogen and oxygen atoms in total. The maximum atomic E-state index is 13.0. The first-order valence-corrected chi connectivity index (χ1v) is 6.77. The molecule has 0 saturated heterocycles. The Kier molecular flexibility index (Phi) is 4.11. The van der Waals surface area contributed by atoms with E-state index in [1.54, 1.807) is 11.7 Å². The molecule has 2 aromatic rings. The number of halogens is 2. The number of aliphatic hydroxyl groups is 1. The summed E-state index contributed by atoms with van der Waals surface area (Å²) in [6.07, 6.45) is 1.82. The molecule has 20 heavy (non-hydrogen) atoms. The fourth-order valence-corrected chi connectivity index (χ4v) is 2.42. The Morgan fingerprint density at radius 2 is 2.15 bits per heavy atom. The standard InChI is InChI=1S/C14H17ClFN3O/c1-4-14(20,12-6-5-10(16)8-17-12)7-11-13(15)9(2)18-19(11)3/h5-6,8,20H,4,7H2,1-3H3. The zero-order valence-electron chi connectivity index (χ0n) is 11.7. The van der Waals surface area contributed by atoms with Crippen molar-refractivity contribution in [3.63, 3.8) is 0 Å². The topological polar surface area (TPSA) is 50.9 Å². The van der Waals surface area contributed by atoms with Crippen LogP contribution in [-0.4, -0.2) is 19.9 Å². The summed E-state index contributed by atoms with van der Waals surface area (Å²) in [4.78, 5) is 3.99. The second-order valence-corrected chi connectivity index (χ2v) is 5.27. The van der Waals surface area contributed by atoms with E-state index in [-0.39, 0.29) is 6.42 Å². The zero-order chi connectivity index (χ0) is 14.9. The van der Waals surface area contributed by atoms with Crippen LogP contribution < -0.4 is 0 Å². The SMILES string of the molecule is CCC(O)(Cc1c(Cl)c(C)nn1C)c1ccc(F)cn1. The number of aromatic nitrogens is 3. The molecule has 1 unspecified atom stereocenters. The lowest BCUT2D eigenvalue weighted by Gasteiger charge is -2.26. The molecule has 2 rings (SSSR count). The van der Waals surface area contributed by atoms with Crippen LogP contribution in [0.15, 0.2) is 18.3 Å². The van der Waals surface area contributed by atoms with Crippen molar-refractivity contribution in [3.05, 3.63) is 46.3 Å². The van der Waals surface area contributed by atoms with E-state index >= 15 is 0 Å². The van der Waals surface area contributed by atoms with Crippen molar-refractivity contribution in [3.8, 4) is 0 Å². The molecular formula is C14H17ClFN3O. The van der Waals surface area contributed by atoms with Crippen LogP contribution >= 0.6 is 11.6 Å². The Bertz CT molecular complexity index is 612. The van der Waals surface area contributed by atoms with E-state index in [9.17, 15) is 9.50 Å². The van der Waals surface area contributed by atoms with Crippen LogP contribution in [0.4, 0.5) is 4.39 Å². The van der Waals surface area contributed by atoms with Gasteiger partial charge < -0.3 is 5.11 Å². The summed E-state index contributed by atoms with van der Waals surface area (Å²) in [5.74, 6) is -0.429. The highest BCUT2D eigenvalue weighted by atomic mass is 35.5. The summed E-state index contributed by atoms with van der Waals surface area (Å²) in [6, 6.07) is 2.79. The molecule has 2 aromatic heterocycles. The van der Waals surface area contributed by atoms with Crippen molar-refractivity contribution in [2.45, 2.75) is 32.3 Å². The largest absolute Gasteiger partial charge is 0.383 e. The fraction of sp³-hybridized carbons (Fsp3) is 0.429. The van der Waals surface area contributed by atoms with E-state index in [0.717, 1.165) is 17.6 Å². The minimum Gasteiger partial charge on any atom is -0.383 e. The third-order valence-corrected chi connectivity index (χ3v) is 4.00. The Morgan fingerprint density at radius 3 is 2.60 bits per heavy atom. The van der Waals surface area contributed by atoms with Gasteiger partial charge in [-0.25, -0.2) is 4.39 Å². The van der Waals surface area contributed by atoms with Crippen LogP contribution in [0, 0.1) is 12.7 Å². The van der Waals surface area contributed by atoms with E-state index in [1.807, 2.05) is 13.8 Å². The lowest BCUT2D eigenvalue weighted by Crippen LogP contribution is -2.30. The molecule has 0 bridgehead atoms. The van der Waals surface area contributed by atoms with Crippen molar-refractivity contribution in [2.75, 3.05) is 0 Å². The molecule has 0 aromatic carbocycles. The molecule has 0 radical (unpaired) electrons. The molecule has 0 aliphatic rings. The molecule has 0 fully saturated rings. The number of nitrogens with zero attached hydrogens (tertiary/aromatic N) is 3. The third-order valence-electron chi connectivity index (χ3n) is 3.51. The lowest BCUT2D eigenvalue weighted by molar-refractivity contribution is 0.0264. The van der Waals surface area contributed by atoms with Crippen LogP contribution in [-0.2, 0) is 19.1 Å². The summed E-state index contributed by atoms with van der Waals surface area (Å²) in [6.45, 7) is 3.66. The molecule has 1 atom stereocenters. The van der Waals surface area contributed by atoms with Crippen molar-refractivity contribution in [2.24, 2.45) is 7.05 Å². The van der Waals surface area contributed by atoms with Crippen molar-refractivity contribution in [1.29, 1.82) is 0 Å². The Labute approximate surface area is 122 Å². The van der Waals surface area contributed by atoms with Gasteiger partial charge in [-0.2, -0.15) is 5.10 Å². The van der Waals surface area contributed by atoms with Gasteiger partial charge in [0, 0.05) is 13.5 Å². The van der Waals surface area contributed by atoms with Gasteiger partial charge in [-0.3, -0.25) is 9.67 Å². The number of hydrogen-bond acceptors (Lipinski definition) is 3. The maximum absolute atomic E-state index is 13.0. The number of aryl methyl sites for hydroxylation is 2. The maximum Gasteiger partial charge on any atom is 0.141 e. The van der Waals surface area contributed by atoms with E-state index in [1.165, 1.54) is 12.1 Å². The third kappa shape index (κ3) is 2.69. The number of rotatable bonds is 4. The average molecular weight is 298 g/mol. The highest BCUT2D eigenvalue weighted by molar-refractivity contribution is 6.31. The van der Waals surface area contributed by atoms with Gasteiger partial charge in [0.05, 0.1) is 28.3 Å². The first kappa shape index (κ1) is 14.9. The quantitative estimate of drug-likeness (QED) is 0.944. The van der Waals surface area contributed by atoms with Crippen LogP contribution in [0.3, 0.4) is 0 Å². The Hall–Kier alpha value is -1.46. The van der Waals surface area contributed by atoms with Crippen molar-refractivity contribution in [1.82, 2.24) is 14.8 Å². The molecule has 0 aliphatic heterocycles. The summed E-state index contributed by atoms with van der Waals surface area (Å²) >= 11 is 6.21. The van der Waals surface area contributed by atoms with Crippen LogP contribution in [0.25, 0.3) is 0 Å². The van der Waals surface area contributed by atoms with Crippen molar-refractivity contribution < 1.29 is 9.50 Å². The smallest absolute Gasteiger partial charge is 0.141 e. The Morgan fingerprint density at radius 1 is 1.45 bits per heavy atom. The van der Waals surface area contributed by atoms with Crippen LogP contribution in [0.5, 0.6) is 0 Å². The summed E-state index contributed by atoms with van der Waals surface area (Å²) in [5.41, 5.74) is 0.683. The second kappa shape index (κ2) is 5.50. The zero-order valence-corrected chi connectivity index (χ0v) is 12.4. The van der Waals surface area contributed by atoms with Gasteiger partial charge in [0.15, 0.2) is 0 Å². The molecule has 6 heteroatoms. The average Bonchev–Trinajstić information content (AvgIpc) is 2.66. The molecular weight excluding hydrogens is 281 g/mol. The van der Waals surface area contributed by atoms with E-state index < -0.39 is 11.4 Å². The summed E-state index contributed by atoms with van der Waals surface area (Å²) in [7, 11) is 1.78. The highest BCUT2D eigenvalue weighted by Crippen LogP contribution is 2.31. The molecule has 0 saturated carbocycles. The van der Waals surface area contributed by atoms with E-state index in [2.05, 4.69) is 10.1 Å². The molecule has 108 valence electrons. The number of hydrogen-bond donors (Lipinski definition) is 1. The minimum absolute atomic E-state index is 0.276. The minimum atomic E-state index is -1.20. The number of pyridine rings is 1. The normalized spacial score (nSPS) is 14.3. The van der Waals surface area contributed by atoms with Gasteiger partial charge in [-0.1, -0.05) is 18.5 Å². The van der Waals surface area contributed by atoms with Gasteiger partial charge in [-0.15, -0.1) is 0 Å². The molecule has 0 spiro atoms. The summed E-state index contributed by atoms with van der Waals surface area (Å²) in [5, 5.41) is 15.6. The molecule has 1 N–H and O–H groups in total. The fourth-order valence-electron chi connectivity index (χ4n) is 2.20. The molecule has 0 amide bonds. The lowest BCUT2D eigenvalue weighted by atomic mass is 9.90. The van der Waals surface area contributed by atoms with E-state index in [4.69, 9.17) is 11.6 Å².